The second-order valence-electron chi connectivity index (χ2n) is 4.31. The zero-order chi connectivity index (χ0) is 12.8. The highest BCUT2D eigenvalue weighted by atomic mass is 14.9. The molecular weight excluding hydrogens is 224 g/mol. The first-order valence-electron chi connectivity index (χ1n) is 6.17. The van der Waals surface area contributed by atoms with Crippen molar-refractivity contribution in [3.05, 3.63) is 53.9 Å². The van der Waals surface area contributed by atoms with Crippen LogP contribution in [0.1, 0.15) is 29.9 Å². The lowest BCUT2D eigenvalue weighted by Gasteiger charge is -2.14. The van der Waals surface area contributed by atoms with Gasteiger partial charge in [0.25, 0.3) is 0 Å². The van der Waals surface area contributed by atoms with Gasteiger partial charge in [-0.15, -0.1) is 0 Å². The first kappa shape index (κ1) is 12.6. The van der Waals surface area contributed by atoms with E-state index in [1.165, 1.54) is 5.56 Å². The van der Waals surface area contributed by atoms with Crippen molar-refractivity contribution in [2.75, 3.05) is 6.54 Å². The molecule has 2 rings (SSSR count). The predicted octanol–water partition coefficient (Wildman–Crippen LogP) is 2.07. The van der Waals surface area contributed by atoms with Crippen LogP contribution in [0.5, 0.6) is 0 Å². The number of rotatable bonds is 5. The first-order valence-corrected chi connectivity index (χ1v) is 6.17. The summed E-state index contributed by atoms with van der Waals surface area (Å²) in [6.07, 6.45) is 8.11. The molecule has 2 aromatic rings. The van der Waals surface area contributed by atoms with E-state index in [0.717, 1.165) is 24.4 Å². The lowest BCUT2D eigenvalue weighted by molar-refractivity contribution is 0.558. The van der Waals surface area contributed by atoms with Gasteiger partial charge < -0.3 is 5.32 Å². The normalized spacial score (nSPS) is 12.3. The van der Waals surface area contributed by atoms with Gasteiger partial charge in [0.15, 0.2) is 0 Å². The maximum absolute atomic E-state index is 4.37. The van der Waals surface area contributed by atoms with Crippen LogP contribution in [0.3, 0.4) is 0 Å². The zero-order valence-corrected chi connectivity index (χ0v) is 10.8. The van der Waals surface area contributed by atoms with E-state index in [2.05, 4.69) is 27.2 Å². The Hall–Kier alpha value is -1.81. The quantitative estimate of drug-likeness (QED) is 0.872. The number of aromatic nitrogens is 3. The van der Waals surface area contributed by atoms with Crippen LogP contribution in [-0.4, -0.2) is 21.5 Å². The molecule has 0 fully saturated rings. The van der Waals surface area contributed by atoms with Crippen LogP contribution < -0.4 is 5.32 Å². The molecule has 0 bridgehead atoms. The van der Waals surface area contributed by atoms with Crippen molar-refractivity contribution < 1.29 is 0 Å². The largest absolute Gasteiger partial charge is 0.308 e. The summed E-state index contributed by atoms with van der Waals surface area (Å²) in [5, 5.41) is 3.47. The molecule has 4 heteroatoms. The van der Waals surface area contributed by atoms with E-state index in [-0.39, 0.29) is 6.04 Å². The van der Waals surface area contributed by atoms with Gasteiger partial charge in [0.05, 0.1) is 11.4 Å². The Kier molecular flexibility index (Phi) is 4.36. The van der Waals surface area contributed by atoms with E-state index < -0.39 is 0 Å². The Morgan fingerprint density at radius 3 is 2.56 bits per heavy atom. The van der Waals surface area contributed by atoms with Crippen molar-refractivity contribution in [3.8, 4) is 0 Å². The molecule has 1 N–H and O–H groups in total. The van der Waals surface area contributed by atoms with Crippen molar-refractivity contribution in [1.82, 2.24) is 20.3 Å². The van der Waals surface area contributed by atoms with Gasteiger partial charge in [-0.05, 0) is 44.5 Å². The second kappa shape index (κ2) is 6.21. The average molecular weight is 242 g/mol. The maximum Gasteiger partial charge on any atom is 0.0782 e. The van der Waals surface area contributed by atoms with Gasteiger partial charge in [-0.3, -0.25) is 15.0 Å². The lowest BCUT2D eigenvalue weighted by atomic mass is 10.1. The highest BCUT2D eigenvalue weighted by Gasteiger charge is 2.09. The molecule has 0 saturated carbocycles. The second-order valence-corrected chi connectivity index (χ2v) is 4.31. The molecule has 1 unspecified atom stereocenters. The third-order valence-corrected chi connectivity index (χ3v) is 2.94. The highest BCUT2D eigenvalue weighted by Crippen LogP contribution is 2.11. The standard InChI is InChI=1S/C14H18N4/c1-11(14-12(2)17-9-10-18-14)16-8-5-13-3-6-15-7-4-13/h3-4,6-7,9-11,16H,5,8H2,1-2H3. The Morgan fingerprint density at radius 1 is 1.11 bits per heavy atom. The molecule has 0 radical (unpaired) electrons. The third-order valence-electron chi connectivity index (χ3n) is 2.94. The molecule has 0 saturated heterocycles. The molecule has 0 aliphatic carbocycles. The number of hydrogen-bond acceptors (Lipinski definition) is 4. The molecular formula is C14H18N4. The number of nitrogens with zero attached hydrogens (tertiary/aromatic N) is 3. The fourth-order valence-corrected chi connectivity index (χ4v) is 1.92. The summed E-state index contributed by atoms with van der Waals surface area (Å²) in [5.74, 6) is 0. The fraction of sp³-hybridized carbons (Fsp3) is 0.357. The van der Waals surface area contributed by atoms with Crippen LogP contribution in [0, 0.1) is 6.92 Å². The lowest BCUT2D eigenvalue weighted by Crippen LogP contribution is -2.23. The van der Waals surface area contributed by atoms with Crippen molar-refractivity contribution in [1.29, 1.82) is 0 Å². The van der Waals surface area contributed by atoms with Crippen molar-refractivity contribution in [3.63, 3.8) is 0 Å². The topological polar surface area (TPSA) is 50.7 Å². The molecule has 0 spiro atoms. The summed E-state index contributed by atoms with van der Waals surface area (Å²) in [4.78, 5) is 12.6. The minimum atomic E-state index is 0.223. The minimum absolute atomic E-state index is 0.223. The number of nitrogens with one attached hydrogen (secondary N) is 1. The predicted molar refractivity (Wildman–Crippen MR) is 71.1 cm³/mol. The molecule has 0 aliphatic rings. The van der Waals surface area contributed by atoms with Gasteiger partial charge in [0.1, 0.15) is 0 Å². The van der Waals surface area contributed by atoms with Crippen LogP contribution >= 0.6 is 0 Å². The first-order chi connectivity index (χ1) is 8.77. The van der Waals surface area contributed by atoms with E-state index in [1.54, 1.807) is 12.4 Å². The molecule has 2 aromatic heterocycles. The zero-order valence-electron chi connectivity index (χ0n) is 10.8. The Balaban J connectivity index is 1.86. The maximum atomic E-state index is 4.37. The SMILES string of the molecule is Cc1nccnc1C(C)NCCc1ccncc1. The summed E-state index contributed by atoms with van der Waals surface area (Å²) in [7, 11) is 0. The molecule has 2 heterocycles. The van der Waals surface area contributed by atoms with Crippen molar-refractivity contribution >= 4 is 0 Å². The molecule has 0 aromatic carbocycles. The van der Waals surface area contributed by atoms with Crippen LogP contribution in [0.25, 0.3) is 0 Å². The summed E-state index contributed by atoms with van der Waals surface area (Å²) in [5.41, 5.74) is 3.30. The van der Waals surface area contributed by atoms with Gasteiger partial charge in [-0.25, -0.2) is 0 Å². The summed E-state index contributed by atoms with van der Waals surface area (Å²) >= 11 is 0. The van der Waals surface area contributed by atoms with E-state index >= 15 is 0 Å². The van der Waals surface area contributed by atoms with Crippen molar-refractivity contribution in [2.24, 2.45) is 0 Å². The molecule has 0 aliphatic heterocycles. The van der Waals surface area contributed by atoms with E-state index in [4.69, 9.17) is 0 Å². The van der Waals surface area contributed by atoms with Crippen LogP contribution in [0.4, 0.5) is 0 Å². The summed E-state index contributed by atoms with van der Waals surface area (Å²) < 4.78 is 0. The van der Waals surface area contributed by atoms with Gasteiger partial charge >= 0.3 is 0 Å². The summed E-state index contributed by atoms with van der Waals surface area (Å²) in [6, 6.07) is 4.31. The van der Waals surface area contributed by atoms with Crippen LogP contribution in [0.2, 0.25) is 0 Å². The van der Waals surface area contributed by atoms with E-state index in [9.17, 15) is 0 Å². The van der Waals surface area contributed by atoms with Crippen molar-refractivity contribution in [2.45, 2.75) is 26.3 Å². The van der Waals surface area contributed by atoms with Gasteiger partial charge in [0, 0.05) is 30.8 Å². The van der Waals surface area contributed by atoms with Gasteiger partial charge in [-0.2, -0.15) is 0 Å². The molecule has 4 nitrogen and oxygen atoms in total. The average Bonchev–Trinajstić information content (AvgIpc) is 2.40. The monoisotopic (exact) mass is 242 g/mol. The van der Waals surface area contributed by atoms with Crippen LogP contribution in [-0.2, 0) is 6.42 Å². The molecule has 0 amide bonds. The molecule has 94 valence electrons. The number of aryl methyl sites for hydroxylation is 1. The summed E-state index contributed by atoms with van der Waals surface area (Å²) in [6.45, 7) is 5.02. The Bertz CT molecular complexity index is 484. The smallest absolute Gasteiger partial charge is 0.0782 e. The fourth-order valence-electron chi connectivity index (χ4n) is 1.92. The van der Waals surface area contributed by atoms with Crippen LogP contribution in [0.15, 0.2) is 36.9 Å². The molecule has 18 heavy (non-hydrogen) atoms. The number of hydrogen-bond donors (Lipinski definition) is 1. The highest BCUT2D eigenvalue weighted by molar-refractivity contribution is 5.13. The number of pyridine rings is 1. The Morgan fingerprint density at radius 2 is 1.83 bits per heavy atom. The van der Waals surface area contributed by atoms with Gasteiger partial charge in [0.2, 0.25) is 0 Å². The van der Waals surface area contributed by atoms with E-state index in [1.807, 2.05) is 31.5 Å². The molecule has 1 atom stereocenters. The Labute approximate surface area is 108 Å². The minimum Gasteiger partial charge on any atom is -0.308 e. The third kappa shape index (κ3) is 3.34. The van der Waals surface area contributed by atoms with E-state index in [0.29, 0.717) is 0 Å². The van der Waals surface area contributed by atoms with Gasteiger partial charge in [-0.1, -0.05) is 0 Å².